The van der Waals surface area contributed by atoms with Gasteiger partial charge in [0.15, 0.2) is 0 Å². The lowest BCUT2D eigenvalue weighted by Crippen LogP contribution is -2.14. The molecule has 0 aliphatic heterocycles. The molecule has 5 nitrogen and oxygen atoms in total. The van der Waals surface area contributed by atoms with Gasteiger partial charge < -0.3 is 15.6 Å². The van der Waals surface area contributed by atoms with Crippen molar-refractivity contribution in [1.82, 2.24) is 4.98 Å². The summed E-state index contributed by atoms with van der Waals surface area (Å²) >= 11 is 3.28. The molecule has 0 bridgehead atoms. The molecule has 0 saturated heterocycles. The van der Waals surface area contributed by atoms with Crippen molar-refractivity contribution >= 4 is 39.1 Å². The lowest BCUT2D eigenvalue weighted by Gasteiger charge is -2.12. The van der Waals surface area contributed by atoms with Crippen molar-refractivity contribution < 1.29 is 9.59 Å². The monoisotopic (exact) mass is 335 g/mol. The Labute approximate surface area is 124 Å². The second-order valence-corrected chi connectivity index (χ2v) is 5.26. The molecule has 0 atom stereocenters. The Balaban J connectivity index is 2.21. The molecule has 0 radical (unpaired) electrons. The van der Waals surface area contributed by atoms with Gasteiger partial charge in [0, 0.05) is 29.0 Å². The number of aromatic nitrogens is 1. The third kappa shape index (κ3) is 3.27. The van der Waals surface area contributed by atoms with Gasteiger partial charge in [-0.15, -0.1) is 0 Å². The van der Waals surface area contributed by atoms with Crippen LogP contribution in [0.3, 0.4) is 0 Å². The third-order valence-corrected chi connectivity index (χ3v) is 3.24. The van der Waals surface area contributed by atoms with E-state index in [1.165, 1.54) is 6.92 Å². The quantitative estimate of drug-likeness (QED) is 0.805. The second kappa shape index (κ2) is 5.92. The molecule has 6 heteroatoms. The standard InChI is InChI=1S/C14H14BrN3O2/c1-8-11(17-9(2)19)4-3-5-12(8)18-14(20)13-6-10(15)7-16-13/h3-7,16H,1-2H3,(H,17,19)(H,18,20). The Morgan fingerprint density at radius 3 is 2.40 bits per heavy atom. The van der Waals surface area contributed by atoms with Gasteiger partial charge in [-0.3, -0.25) is 9.59 Å². The van der Waals surface area contributed by atoms with Crippen LogP contribution in [0.1, 0.15) is 23.0 Å². The minimum Gasteiger partial charge on any atom is -0.356 e. The number of H-pyrrole nitrogens is 1. The zero-order valence-corrected chi connectivity index (χ0v) is 12.7. The highest BCUT2D eigenvalue weighted by Crippen LogP contribution is 2.24. The van der Waals surface area contributed by atoms with E-state index in [1.807, 2.05) is 6.92 Å². The molecule has 0 fully saturated rings. The molecular formula is C14H14BrN3O2. The molecule has 2 rings (SSSR count). The van der Waals surface area contributed by atoms with Gasteiger partial charge in [-0.05, 0) is 46.6 Å². The topological polar surface area (TPSA) is 74.0 Å². The van der Waals surface area contributed by atoms with Crippen molar-refractivity contribution in [3.63, 3.8) is 0 Å². The first-order valence-electron chi connectivity index (χ1n) is 6.00. The van der Waals surface area contributed by atoms with Crippen LogP contribution in [0.15, 0.2) is 34.9 Å². The summed E-state index contributed by atoms with van der Waals surface area (Å²) in [6.07, 6.45) is 1.69. The zero-order chi connectivity index (χ0) is 14.7. The Kier molecular flexibility index (Phi) is 4.24. The number of anilines is 2. The summed E-state index contributed by atoms with van der Waals surface area (Å²) in [6, 6.07) is 7.05. The van der Waals surface area contributed by atoms with Crippen molar-refractivity contribution in [3.8, 4) is 0 Å². The van der Waals surface area contributed by atoms with Crippen molar-refractivity contribution in [1.29, 1.82) is 0 Å². The van der Waals surface area contributed by atoms with E-state index in [9.17, 15) is 9.59 Å². The van der Waals surface area contributed by atoms with Crippen LogP contribution in [0.4, 0.5) is 11.4 Å². The van der Waals surface area contributed by atoms with E-state index in [-0.39, 0.29) is 11.8 Å². The Hall–Kier alpha value is -2.08. The van der Waals surface area contributed by atoms with Crippen molar-refractivity contribution in [3.05, 3.63) is 46.2 Å². The highest BCUT2D eigenvalue weighted by atomic mass is 79.9. The van der Waals surface area contributed by atoms with Crippen LogP contribution in [-0.4, -0.2) is 16.8 Å². The lowest BCUT2D eigenvalue weighted by molar-refractivity contribution is -0.114. The first-order chi connectivity index (χ1) is 9.47. The second-order valence-electron chi connectivity index (χ2n) is 4.35. The number of carbonyl (C=O) groups is 2. The molecule has 1 aromatic heterocycles. The molecule has 104 valence electrons. The molecule has 3 N–H and O–H groups in total. The number of rotatable bonds is 3. The Morgan fingerprint density at radius 1 is 1.20 bits per heavy atom. The van der Waals surface area contributed by atoms with E-state index in [1.54, 1.807) is 30.5 Å². The van der Waals surface area contributed by atoms with Crippen LogP contribution in [0.5, 0.6) is 0 Å². The molecule has 1 aromatic carbocycles. The lowest BCUT2D eigenvalue weighted by atomic mass is 10.1. The fourth-order valence-electron chi connectivity index (χ4n) is 1.78. The minimum atomic E-state index is -0.237. The molecule has 2 aromatic rings. The molecule has 1 heterocycles. The highest BCUT2D eigenvalue weighted by Gasteiger charge is 2.11. The van der Waals surface area contributed by atoms with Gasteiger partial charge in [-0.1, -0.05) is 6.07 Å². The minimum absolute atomic E-state index is 0.148. The van der Waals surface area contributed by atoms with E-state index in [2.05, 4.69) is 31.5 Å². The van der Waals surface area contributed by atoms with E-state index in [0.717, 1.165) is 10.0 Å². The van der Waals surface area contributed by atoms with E-state index >= 15 is 0 Å². The molecular weight excluding hydrogens is 322 g/mol. The van der Waals surface area contributed by atoms with Crippen LogP contribution in [0.25, 0.3) is 0 Å². The molecule has 20 heavy (non-hydrogen) atoms. The first kappa shape index (κ1) is 14.3. The van der Waals surface area contributed by atoms with Crippen molar-refractivity contribution in [2.45, 2.75) is 13.8 Å². The summed E-state index contributed by atoms with van der Waals surface area (Å²) in [4.78, 5) is 26.0. The number of carbonyl (C=O) groups excluding carboxylic acids is 2. The average molecular weight is 336 g/mol. The number of benzene rings is 1. The smallest absolute Gasteiger partial charge is 0.272 e. The first-order valence-corrected chi connectivity index (χ1v) is 6.79. The SMILES string of the molecule is CC(=O)Nc1cccc(NC(=O)c2cc(Br)c[nH]2)c1C. The maximum Gasteiger partial charge on any atom is 0.272 e. The maximum atomic E-state index is 12.1. The molecule has 0 aliphatic rings. The summed E-state index contributed by atoms with van der Waals surface area (Å²) in [5.74, 6) is -0.386. The zero-order valence-electron chi connectivity index (χ0n) is 11.1. The molecule has 0 aliphatic carbocycles. The third-order valence-electron chi connectivity index (χ3n) is 2.79. The van der Waals surface area contributed by atoms with Crippen molar-refractivity contribution in [2.24, 2.45) is 0 Å². The highest BCUT2D eigenvalue weighted by molar-refractivity contribution is 9.10. The number of halogens is 1. The average Bonchev–Trinajstić information content (AvgIpc) is 2.80. The van der Waals surface area contributed by atoms with E-state index in [4.69, 9.17) is 0 Å². The summed E-state index contributed by atoms with van der Waals surface area (Å²) in [7, 11) is 0. The molecule has 0 saturated carbocycles. The molecule has 2 amide bonds. The summed E-state index contributed by atoms with van der Waals surface area (Å²) in [6.45, 7) is 3.28. The van der Waals surface area contributed by atoms with Crippen molar-refractivity contribution in [2.75, 3.05) is 10.6 Å². The van der Waals surface area contributed by atoms with Crippen LogP contribution in [-0.2, 0) is 4.79 Å². The molecule has 0 unspecified atom stereocenters. The van der Waals surface area contributed by atoms with Gasteiger partial charge in [0.2, 0.25) is 5.91 Å². The van der Waals surface area contributed by atoms with Gasteiger partial charge in [-0.2, -0.15) is 0 Å². The van der Waals surface area contributed by atoms with Crippen LogP contribution >= 0.6 is 15.9 Å². The summed E-state index contributed by atoms with van der Waals surface area (Å²) in [5.41, 5.74) is 2.61. The number of amides is 2. The number of hydrogen-bond donors (Lipinski definition) is 3. The summed E-state index contributed by atoms with van der Waals surface area (Å²) in [5, 5.41) is 5.54. The van der Waals surface area contributed by atoms with Gasteiger partial charge in [0.05, 0.1) is 0 Å². The van der Waals surface area contributed by atoms with E-state index < -0.39 is 0 Å². The fourth-order valence-corrected chi connectivity index (χ4v) is 2.13. The van der Waals surface area contributed by atoms with E-state index in [0.29, 0.717) is 17.1 Å². The maximum absolute atomic E-state index is 12.1. The van der Waals surface area contributed by atoms with Crippen LogP contribution in [0.2, 0.25) is 0 Å². The number of nitrogens with one attached hydrogen (secondary N) is 3. The van der Waals surface area contributed by atoms with Gasteiger partial charge >= 0.3 is 0 Å². The fraction of sp³-hybridized carbons (Fsp3) is 0.143. The number of hydrogen-bond acceptors (Lipinski definition) is 2. The van der Waals surface area contributed by atoms with Gasteiger partial charge in [0.1, 0.15) is 5.69 Å². The van der Waals surface area contributed by atoms with Crippen LogP contribution in [0, 0.1) is 6.92 Å². The largest absolute Gasteiger partial charge is 0.356 e. The number of aromatic amines is 1. The normalized spacial score (nSPS) is 10.2. The Morgan fingerprint density at radius 2 is 1.85 bits per heavy atom. The van der Waals surface area contributed by atoms with Gasteiger partial charge in [0.25, 0.3) is 5.91 Å². The van der Waals surface area contributed by atoms with Gasteiger partial charge in [-0.25, -0.2) is 0 Å². The predicted molar refractivity (Wildman–Crippen MR) is 81.9 cm³/mol. The molecule has 0 spiro atoms. The Bertz CT molecular complexity index is 664. The van der Waals surface area contributed by atoms with Crippen LogP contribution < -0.4 is 10.6 Å². The predicted octanol–water partition coefficient (Wildman–Crippen LogP) is 3.30. The summed E-state index contributed by atoms with van der Waals surface area (Å²) < 4.78 is 0.811.